The predicted octanol–water partition coefficient (Wildman–Crippen LogP) is 0.896. The molecule has 1 amide bonds. The van der Waals surface area contributed by atoms with Gasteiger partial charge in [0.2, 0.25) is 11.8 Å². The Hall–Kier alpha value is -1.43. The van der Waals surface area contributed by atoms with Crippen LogP contribution in [-0.4, -0.2) is 40.1 Å². The molecule has 0 aromatic carbocycles. The molecular formula is C13H22N4O2. The molecule has 1 aliphatic heterocycles. The molecule has 2 N–H and O–H groups in total. The van der Waals surface area contributed by atoms with Crippen LogP contribution in [0.25, 0.3) is 0 Å². The smallest absolute Gasteiger partial charge is 0.227 e. The van der Waals surface area contributed by atoms with Crippen LogP contribution < -0.4 is 5.73 Å². The highest BCUT2D eigenvalue weighted by Gasteiger charge is 2.30. The molecule has 6 heteroatoms. The number of amides is 1. The van der Waals surface area contributed by atoms with Crippen molar-refractivity contribution in [3.05, 3.63) is 11.7 Å². The second kappa shape index (κ2) is 6.14. The number of carbonyl (C=O) groups excluding carboxylic acids is 1. The van der Waals surface area contributed by atoms with E-state index in [2.05, 4.69) is 17.1 Å². The SMILES string of the molecule is Cc1noc(CCC(=O)N2CCC[C@H](C)[C@@H]2CN)n1. The summed E-state index contributed by atoms with van der Waals surface area (Å²) >= 11 is 0. The number of likely N-dealkylation sites (tertiary alicyclic amines) is 1. The van der Waals surface area contributed by atoms with E-state index >= 15 is 0 Å². The van der Waals surface area contributed by atoms with Gasteiger partial charge in [0.25, 0.3) is 0 Å². The third-order valence-electron chi connectivity index (χ3n) is 3.80. The van der Waals surface area contributed by atoms with Gasteiger partial charge in [-0.15, -0.1) is 0 Å². The molecule has 1 aliphatic rings. The van der Waals surface area contributed by atoms with E-state index in [4.69, 9.17) is 10.3 Å². The van der Waals surface area contributed by atoms with Gasteiger partial charge < -0.3 is 15.2 Å². The third kappa shape index (κ3) is 3.32. The van der Waals surface area contributed by atoms with Gasteiger partial charge in [-0.2, -0.15) is 4.98 Å². The number of rotatable bonds is 4. The summed E-state index contributed by atoms with van der Waals surface area (Å²) in [6, 6.07) is 0.172. The zero-order valence-electron chi connectivity index (χ0n) is 11.6. The van der Waals surface area contributed by atoms with Crippen molar-refractivity contribution >= 4 is 5.91 Å². The van der Waals surface area contributed by atoms with Gasteiger partial charge in [-0.05, 0) is 25.7 Å². The average molecular weight is 266 g/mol. The zero-order valence-corrected chi connectivity index (χ0v) is 11.6. The van der Waals surface area contributed by atoms with Crippen LogP contribution in [0.4, 0.5) is 0 Å². The molecule has 0 unspecified atom stereocenters. The summed E-state index contributed by atoms with van der Waals surface area (Å²) in [6.45, 7) is 5.28. The number of aryl methyl sites for hydroxylation is 2. The van der Waals surface area contributed by atoms with E-state index in [-0.39, 0.29) is 11.9 Å². The summed E-state index contributed by atoms with van der Waals surface area (Å²) in [5, 5.41) is 3.72. The molecule has 1 aromatic heterocycles. The first-order chi connectivity index (χ1) is 9.11. The molecule has 19 heavy (non-hydrogen) atoms. The lowest BCUT2D eigenvalue weighted by Crippen LogP contribution is -2.51. The molecule has 2 rings (SSSR count). The average Bonchev–Trinajstić information content (AvgIpc) is 2.81. The minimum Gasteiger partial charge on any atom is -0.339 e. The summed E-state index contributed by atoms with van der Waals surface area (Å²) in [7, 11) is 0. The topological polar surface area (TPSA) is 85.2 Å². The Morgan fingerprint density at radius 1 is 1.58 bits per heavy atom. The van der Waals surface area contributed by atoms with Gasteiger partial charge in [0.15, 0.2) is 5.82 Å². The van der Waals surface area contributed by atoms with Gasteiger partial charge in [0.1, 0.15) is 0 Å². The van der Waals surface area contributed by atoms with Crippen molar-refractivity contribution in [3.63, 3.8) is 0 Å². The molecule has 0 spiro atoms. The summed E-state index contributed by atoms with van der Waals surface area (Å²) in [5.74, 6) is 1.75. The molecule has 1 fully saturated rings. The Labute approximate surface area is 113 Å². The van der Waals surface area contributed by atoms with Crippen molar-refractivity contribution in [2.45, 2.75) is 45.6 Å². The van der Waals surface area contributed by atoms with Crippen molar-refractivity contribution < 1.29 is 9.32 Å². The van der Waals surface area contributed by atoms with Gasteiger partial charge >= 0.3 is 0 Å². The van der Waals surface area contributed by atoms with E-state index < -0.39 is 0 Å². The standard InChI is InChI=1S/C13H22N4O2/c1-9-4-3-7-17(11(9)8-14)13(18)6-5-12-15-10(2)16-19-12/h9,11H,3-8,14H2,1-2H3/t9-,11-/m0/s1. The highest BCUT2D eigenvalue weighted by molar-refractivity contribution is 5.76. The minimum atomic E-state index is 0.137. The van der Waals surface area contributed by atoms with E-state index in [0.29, 0.717) is 37.0 Å². The first-order valence-corrected chi connectivity index (χ1v) is 6.90. The Bertz CT molecular complexity index is 432. The fourth-order valence-electron chi connectivity index (χ4n) is 2.72. The molecule has 6 nitrogen and oxygen atoms in total. The van der Waals surface area contributed by atoms with E-state index in [0.717, 1.165) is 19.4 Å². The second-order valence-electron chi connectivity index (χ2n) is 5.25. The molecular weight excluding hydrogens is 244 g/mol. The highest BCUT2D eigenvalue weighted by Crippen LogP contribution is 2.23. The van der Waals surface area contributed by atoms with Crippen molar-refractivity contribution in [2.24, 2.45) is 11.7 Å². The molecule has 1 saturated heterocycles. The van der Waals surface area contributed by atoms with Crippen LogP contribution in [-0.2, 0) is 11.2 Å². The predicted molar refractivity (Wildman–Crippen MR) is 70.3 cm³/mol. The van der Waals surface area contributed by atoms with Gasteiger partial charge in [-0.1, -0.05) is 12.1 Å². The monoisotopic (exact) mass is 266 g/mol. The maximum atomic E-state index is 12.3. The van der Waals surface area contributed by atoms with E-state index in [1.165, 1.54) is 0 Å². The van der Waals surface area contributed by atoms with Gasteiger partial charge in [-0.3, -0.25) is 4.79 Å². The molecule has 2 atom stereocenters. The summed E-state index contributed by atoms with van der Waals surface area (Å²) in [4.78, 5) is 18.3. The molecule has 0 radical (unpaired) electrons. The van der Waals surface area contributed by atoms with Gasteiger partial charge in [0, 0.05) is 32.0 Å². The van der Waals surface area contributed by atoms with Gasteiger partial charge in [0.05, 0.1) is 0 Å². The minimum absolute atomic E-state index is 0.137. The van der Waals surface area contributed by atoms with Crippen LogP contribution in [0.3, 0.4) is 0 Å². The summed E-state index contributed by atoms with van der Waals surface area (Å²) < 4.78 is 5.02. The molecule has 0 saturated carbocycles. The van der Waals surface area contributed by atoms with Crippen LogP contribution in [0.15, 0.2) is 4.52 Å². The zero-order chi connectivity index (χ0) is 13.8. The highest BCUT2D eigenvalue weighted by atomic mass is 16.5. The van der Waals surface area contributed by atoms with Crippen molar-refractivity contribution in [1.29, 1.82) is 0 Å². The lowest BCUT2D eigenvalue weighted by atomic mass is 9.90. The van der Waals surface area contributed by atoms with E-state index in [1.54, 1.807) is 6.92 Å². The van der Waals surface area contributed by atoms with Crippen molar-refractivity contribution in [3.8, 4) is 0 Å². The fourth-order valence-corrected chi connectivity index (χ4v) is 2.72. The third-order valence-corrected chi connectivity index (χ3v) is 3.80. The summed E-state index contributed by atoms with van der Waals surface area (Å²) in [6.07, 6.45) is 3.12. The first-order valence-electron chi connectivity index (χ1n) is 6.90. The molecule has 106 valence electrons. The Balaban J connectivity index is 1.91. The second-order valence-corrected chi connectivity index (χ2v) is 5.25. The summed E-state index contributed by atoms with van der Waals surface area (Å²) in [5.41, 5.74) is 5.80. The molecule has 0 aliphatic carbocycles. The lowest BCUT2D eigenvalue weighted by Gasteiger charge is -2.39. The number of nitrogens with two attached hydrogens (primary N) is 1. The molecule has 2 heterocycles. The normalized spacial score (nSPS) is 23.6. The number of carbonyl (C=O) groups is 1. The quantitative estimate of drug-likeness (QED) is 0.875. The Morgan fingerprint density at radius 3 is 3.00 bits per heavy atom. The van der Waals surface area contributed by atoms with E-state index in [1.807, 2.05) is 4.90 Å². The number of hydrogen-bond donors (Lipinski definition) is 1. The molecule has 1 aromatic rings. The largest absolute Gasteiger partial charge is 0.339 e. The van der Waals surface area contributed by atoms with Crippen LogP contribution in [0.2, 0.25) is 0 Å². The fraction of sp³-hybridized carbons (Fsp3) is 0.769. The number of nitrogens with zero attached hydrogens (tertiary/aromatic N) is 3. The van der Waals surface area contributed by atoms with Crippen LogP contribution in [0.5, 0.6) is 0 Å². The maximum absolute atomic E-state index is 12.3. The number of piperidine rings is 1. The number of hydrogen-bond acceptors (Lipinski definition) is 5. The van der Waals surface area contributed by atoms with Crippen molar-refractivity contribution in [2.75, 3.05) is 13.1 Å². The van der Waals surface area contributed by atoms with Crippen LogP contribution in [0, 0.1) is 12.8 Å². The first kappa shape index (κ1) is 14.0. The van der Waals surface area contributed by atoms with Gasteiger partial charge in [-0.25, -0.2) is 0 Å². The maximum Gasteiger partial charge on any atom is 0.227 e. The molecule has 0 bridgehead atoms. The van der Waals surface area contributed by atoms with Crippen LogP contribution >= 0.6 is 0 Å². The van der Waals surface area contributed by atoms with Crippen molar-refractivity contribution in [1.82, 2.24) is 15.0 Å². The number of aromatic nitrogens is 2. The Kier molecular flexibility index (Phi) is 4.52. The Morgan fingerprint density at radius 2 is 2.37 bits per heavy atom. The lowest BCUT2D eigenvalue weighted by molar-refractivity contribution is -0.136. The van der Waals surface area contributed by atoms with Crippen LogP contribution in [0.1, 0.15) is 37.9 Å². The van der Waals surface area contributed by atoms with E-state index in [9.17, 15) is 4.79 Å².